The van der Waals surface area contributed by atoms with Gasteiger partial charge in [-0.2, -0.15) is 0 Å². The number of benzene rings is 2. The van der Waals surface area contributed by atoms with Gasteiger partial charge in [0.1, 0.15) is 18.1 Å². The van der Waals surface area contributed by atoms with Crippen molar-refractivity contribution in [3.8, 4) is 11.5 Å². The molecule has 156 valence electrons. The molecular weight excluding hydrogens is 386 g/mol. The molecule has 1 aliphatic heterocycles. The first-order valence-corrected chi connectivity index (χ1v) is 12.1. The monoisotopic (exact) mass is 415 g/mol. The lowest BCUT2D eigenvalue weighted by atomic mass is 9.88. The molecule has 0 spiro atoms. The summed E-state index contributed by atoms with van der Waals surface area (Å²) in [4.78, 5) is 0. The first-order chi connectivity index (χ1) is 14.1. The second kappa shape index (κ2) is 9.18. The summed E-state index contributed by atoms with van der Waals surface area (Å²) in [7, 11) is -3.19. The molecule has 1 unspecified atom stereocenters. The summed E-state index contributed by atoms with van der Waals surface area (Å²) in [6, 6.07) is 16.5. The van der Waals surface area contributed by atoms with E-state index in [0.717, 1.165) is 50.2 Å². The highest BCUT2D eigenvalue weighted by atomic mass is 32.2. The average molecular weight is 416 g/mol. The van der Waals surface area contributed by atoms with Crippen molar-refractivity contribution in [1.29, 1.82) is 0 Å². The summed E-state index contributed by atoms with van der Waals surface area (Å²) >= 11 is 0. The van der Waals surface area contributed by atoms with Crippen molar-refractivity contribution < 1.29 is 17.9 Å². The van der Waals surface area contributed by atoms with Gasteiger partial charge in [-0.1, -0.05) is 30.3 Å². The Hall–Kier alpha value is -2.05. The molecule has 0 amide bonds. The zero-order valence-electron chi connectivity index (χ0n) is 16.7. The molecule has 1 saturated carbocycles. The highest BCUT2D eigenvalue weighted by Gasteiger charge is 2.27. The Morgan fingerprint density at radius 2 is 1.90 bits per heavy atom. The largest absolute Gasteiger partial charge is 0.493 e. The first-order valence-electron chi connectivity index (χ1n) is 10.5. The minimum atomic E-state index is -3.19. The molecular formula is C23H29NO4S. The lowest BCUT2D eigenvalue weighted by molar-refractivity contribution is 0.311. The van der Waals surface area contributed by atoms with Crippen molar-refractivity contribution in [3.05, 3.63) is 59.7 Å². The average Bonchev–Trinajstić information content (AvgIpc) is 3.54. The van der Waals surface area contributed by atoms with Gasteiger partial charge in [-0.15, -0.1) is 0 Å². The van der Waals surface area contributed by atoms with Crippen molar-refractivity contribution >= 4 is 10.0 Å². The van der Waals surface area contributed by atoms with E-state index in [1.165, 1.54) is 11.1 Å². The number of rotatable bonds is 9. The summed E-state index contributed by atoms with van der Waals surface area (Å²) in [5.74, 6) is 2.66. The first kappa shape index (κ1) is 20.2. The van der Waals surface area contributed by atoms with Crippen LogP contribution in [0.1, 0.15) is 42.7 Å². The third kappa shape index (κ3) is 5.97. The van der Waals surface area contributed by atoms with E-state index in [4.69, 9.17) is 9.47 Å². The molecule has 2 aliphatic rings. The van der Waals surface area contributed by atoms with E-state index in [0.29, 0.717) is 18.4 Å². The predicted octanol–water partition coefficient (Wildman–Crippen LogP) is 3.89. The number of nitrogens with one attached hydrogen (secondary N) is 1. The van der Waals surface area contributed by atoms with Gasteiger partial charge in [0, 0.05) is 12.1 Å². The molecule has 29 heavy (non-hydrogen) atoms. The van der Waals surface area contributed by atoms with Gasteiger partial charge in [0.15, 0.2) is 0 Å². The minimum absolute atomic E-state index is 0.240. The number of fused-ring (bicyclic) bond motifs is 1. The van der Waals surface area contributed by atoms with Crippen molar-refractivity contribution in [2.45, 2.75) is 38.0 Å². The Balaban J connectivity index is 1.37. The number of hydrogen-bond acceptors (Lipinski definition) is 4. The molecule has 0 bridgehead atoms. The van der Waals surface area contributed by atoms with Gasteiger partial charge in [0.05, 0.1) is 12.4 Å². The number of hydrogen-bond donors (Lipinski definition) is 1. The van der Waals surface area contributed by atoms with Crippen LogP contribution >= 0.6 is 0 Å². The van der Waals surface area contributed by atoms with E-state index in [1.54, 1.807) is 0 Å². The molecule has 1 fully saturated rings. The fraction of sp³-hybridized carbons (Fsp3) is 0.478. The maximum Gasteiger partial charge on any atom is 0.211 e. The SMILES string of the molecule is O=S(=O)(CC1CC1)NCCOc1ccc2c(c1)C(Cc1ccccc1)CCCO2. The fourth-order valence-corrected chi connectivity index (χ4v) is 5.33. The van der Waals surface area contributed by atoms with E-state index >= 15 is 0 Å². The zero-order chi connectivity index (χ0) is 20.1. The smallest absolute Gasteiger partial charge is 0.211 e. The molecule has 1 aliphatic carbocycles. The third-order valence-electron chi connectivity index (χ3n) is 5.55. The Morgan fingerprint density at radius 1 is 1.07 bits per heavy atom. The minimum Gasteiger partial charge on any atom is -0.493 e. The Bertz CT molecular complexity index is 910. The molecule has 2 aromatic carbocycles. The van der Waals surface area contributed by atoms with Crippen molar-refractivity contribution in [2.75, 3.05) is 25.5 Å². The van der Waals surface area contributed by atoms with Crippen molar-refractivity contribution in [1.82, 2.24) is 4.72 Å². The van der Waals surface area contributed by atoms with E-state index in [2.05, 4.69) is 35.1 Å². The molecule has 5 nitrogen and oxygen atoms in total. The molecule has 1 heterocycles. The summed E-state index contributed by atoms with van der Waals surface area (Å²) < 4.78 is 38.3. The van der Waals surface area contributed by atoms with Gasteiger partial charge < -0.3 is 9.47 Å². The molecule has 1 atom stereocenters. The number of sulfonamides is 1. The van der Waals surface area contributed by atoms with E-state index in [-0.39, 0.29) is 12.3 Å². The Morgan fingerprint density at radius 3 is 2.69 bits per heavy atom. The summed E-state index contributed by atoms with van der Waals surface area (Å²) in [6.07, 6.45) is 5.14. The molecule has 0 radical (unpaired) electrons. The van der Waals surface area contributed by atoms with E-state index in [1.807, 2.05) is 18.2 Å². The third-order valence-corrected chi connectivity index (χ3v) is 7.10. The maximum absolute atomic E-state index is 12.0. The summed E-state index contributed by atoms with van der Waals surface area (Å²) in [5, 5.41) is 0. The lowest BCUT2D eigenvalue weighted by Crippen LogP contribution is -2.30. The van der Waals surface area contributed by atoms with Crippen LogP contribution in [-0.2, 0) is 16.4 Å². The van der Waals surface area contributed by atoms with Crippen molar-refractivity contribution in [2.24, 2.45) is 5.92 Å². The van der Waals surface area contributed by atoms with Gasteiger partial charge in [-0.05, 0) is 67.7 Å². The predicted molar refractivity (Wildman–Crippen MR) is 114 cm³/mol. The normalized spacial score (nSPS) is 19.1. The van der Waals surface area contributed by atoms with Gasteiger partial charge >= 0.3 is 0 Å². The zero-order valence-corrected chi connectivity index (χ0v) is 17.5. The molecule has 0 saturated heterocycles. The van der Waals surface area contributed by atoms with Crippen LogP contribution < -0.4 is 14.2 Å². The van der Waals surface area contributed by atoms with Gasteiger partial charge in [-0.3, -0.25) is 0 Å². The fourth-order valence-electron chi connectivity index (χ4n) is 3.86. The molecule has 2 aromatic rings. The molecule has 0 aromatic heterocycles. The molecule has 4 rings (SSSR count). The second-order valence-corrected chi connectivity index (χ2v) is 9.90. The van der Waals surface area contributed by atoms with Gasteiger partial charge in [-0.25, -0.2) is 13.1 Å². The topological polar surface area (TPSA) is 64.6 Å². The quantitative estimate of drug-likeness (QED) is 0.631. The van der Waals surface area contributed by atoms with Crippen LogP contribution in [0.15, 0.2) is 48.5 Å². The van der Waals surface area contributed by atoms with Crippen LogP contribution in [0.4, 0.5) is 0 Å². The summed E-state index contributed by atoms with van der Waals surface area (Å²) in [6.45, 7) is 1.34. The standard InChI is InChI=1S/C23H29NO4S/c25-29(26,17-19-8-9-19)24-12-14-27-21-10-11-23-22(16-21)20(7-4-13-28-23)15-18-5-2-1-3-6-18/h1-3,5-6,10-11,16,19-20,24H,4,7-9,12-15,17H2. The van der Waals surface area contributed by atoms with Gasteiger partial charge in [0.25, 0.3) is 0 Å². The maximum atomic E-state index is 12.0. The van der Waals surface area contributed by atoms with Crippen LogP contribution in [0.3, 0.4) is 0 Å². The van der Waals surface area contributed by atoms with E-state index in [9.17, 15) is 8.42 Å². The Labute approximate surface area is 173 Å². The second-order valence-electron chi connectivity index (χ2n) is 8.04. The van der Waals surface area contributed by atoms with Crippen molar-refractivity contribution in [3.63, 3.8) is 0 Å². The highest BCUT2D eigenvalue weighted by molar-refractivity contribution is 7.89. The lowest BCUT2D eigenvalue weighted by Gasteiger charge is -2.18. The summed E-state index contributed by atoms with van der Waals surface area (Å²) in [5.41, 5.74) is 2.50. The van der Waals surface area contributed by atoms with Gasteiger partial charge in [0.2, 0.25) is 10.0 Å². The molecule has 1 N–H and O–H groups in total. The number of ether oxygens (including phenoxy) is 2. The van der Waals surface area contributed by atoms with Crippen LogP contribution in [0.2, 0.25) is 0 Å². The van der Waals surface area contributed by atoms with Crippen LogP contribution in [-0.4, -0.2) is 33.9 Å². The Kier molecular flexibility index (Phi) is 6.40. The van der Waals surface area contributed by atoms with Crippen LogP contribution in [0.5, 0.6) is 11.5 Å². The highest BCUT2D eigenvalue weighted by Crippen LogP contribution is 2.37. The molecule has 6 heteroatoms. The van der Waals surface area contributed by atoms with E-state index < -0.39 is 10.0 Å². The van der Waals surface area contributed by atoms with Crippen LogP contribution in [0, 0.1) is 5.92 Å². The van der Waals surface area contributed by atoms with Crippen LogP contribution in [0.25, 0.3) is 0 Å².